The molecule has 0 bridgehead atoms. The van der Waals surface area contributed by atoms with Gasteiger partial charge in [-0.2, -0.15) is 0 Å². The van der Waals surface area contributed by atoms with Crippen molar-refractivity contribution in [1.82, 2.24) is 4.57 Å². The van der Waals surface area contributed by atoms with Gasteiger partial charge in [0, 0.05) is 20.9 Å². The fraction of sp³-hybridized carbons (Fsp3) is 0. The molecule has 0 saturated heterocycles. The van der Waals surface area contributed by atoms with Gasteiger partial charge in [-0.15, -0.1) is 0 Å². The van der Waals surface area contributed by atoms with Gasteiger partial charge in [-0.25, -0.2) is 0 Å². The second kappa shape index (κ2) is 6.15. The van der Waals surface area contributed by atoms with Crippen LogP contribution in [0.4, 0.5) is 0 Å². The summed E-state index contributed by atoms with van der Waals surface area (Å²) in [6.07, 6.45) is 0. The van der Waals surface area contributed by atoms with Gasteiger partial charge in [-0.1, -0.05) is 76.6 Å². The predicted molar refractivity (Wildman–Crippen MR) is 114 cm³/mol. The topological polar surface area (TPSA) is 4.93 Å². The van der Waals surface area contributed by atoms with Crippen molar-refractivity contribution in [2.75, 3.05) is 0 Å². The van der Waals surface area contributed by atoms with Crippen molar-refractivity contribution in [2.45, 2.75) is 0 Å². The zero-order valence-electron chi connectivity index (χ0n) is 15.9. The monoisotopic (exact) mass is 399 g/mol. The predicted octanol–water partition coefficient (Wildman–Crippen LogP) is 7.21. The number of para-hydroxylation sites is 1. The van der Waals surface area contributed by atoms with Crippen molar-refractivity contribution >= 4 is 37.7 Å². The first kappa shape index (κ1) is 13.4. The van der Waals surface area contributed by atoms with Crippen molar-refractivity contribution in [3.63, 3.8) is 0 Å². The Morgan fingerprint density at radius 1 is 0.692 bits per heavy atom. The molecule has 26 heavy (non-hydrogen) atoms. The number of benzene rings is 4. The summed E-state index contributed by atoms with van der Waals surface area (Å²) in [7, 11) is 0. The normalized spacial score (nSPS) is 12.3. The van der Waals surface area contributed by atoms with Crippen LogP contribution < -0.4 is 0 Å². The summed E-state index contributed by atoms with van der Waals surface area (Å²) >= 11 is 3.48. The van der Waals surface area contributed by atoms with Crippen molar-refractivity contribution in [3.05, 3.63) is 101 Å². The van der Waals surface area contributed by atoms with E-state index >= 15 is 0 Å². The number of nitrogens with zero attached hydrogens (tertiary/aromatic N) is 1. The molecule has 0 atom stereocenters. The van der Waals surface area contributed by atoms with Gasteiger partial charge in [0.15, 0.2) is 0 Å². The van der Waals surface area contributed by atoms with Crippen molar-refractivity contribution in [1.29, 1.82) is 0 Å². The highest BCUT2D eigenvalue weighted by atomic mass is 79.9. The Labute approximate surface area is 163 Å². The van der Waals surface area contributed by atoms with E-state index in [4.69, 9.17) is 2.74 Å². The maximum atomic E-state index is 8.23. The molecule has 0 radical (unpaired) electrons. The van der Waals surface area contributed by atoms with Gasteiger partial charge in [0.2, 0.25) is 0 Å². The zero-order chi connectivity index (χ0) is 19.3. The molecule has 5 aromatic rings. The van der Waals surface area contributed by atoms with E-state index in [9.17, 15) is 0 Å². The summed E-state index contributed by atoms with van der Waals surface area (Å²) in [5.41, 5.74) is 5.32. The minimum absolute atomic E-state index is 0.448. The van der Waals surface area contributed by atoms with Gasteiger partial charge in [0.25, 0.3) is 0 Å². The largest absolute Gasteiger partial charge is 0.309 e. The maximum absolute atomic E-state index is 8.23. The number of rotatable bonds is 2. The van der Waals surface area contributed by atoms with E-state index in [0.29, 0.717) is 12.1 Å². The van der Waals surface area contributed by atoms with E-state index in [0.717, 1.165) is 37.5 Å². The fourth-order valence-corrected chi connectivity index (χ4v) is 3.88. The van der Waals surface area contributed by atoms with Crippen LogP contribution >= 0.6 is 15.9 Å². The highest BCUT2D eigenvalue weighted by Gasteiger charge is 2.12. The average Bonchev–Trinajstić information content (AvgIpc) is 3.01. The molecule has 1 aromatic heterocycles. The van der Waals surface area contributed by atoms with E-state index < -0.39 is 0 Å². The van der Waals surface area contributed by atoms with Crippen LogP contribution in [0.15, 0.2) is 101 Å². The van der Waals surface area contributed by atoms with Gasteiger partial charge in [0.05, 0.1) is 13.8 Å². The van der Waals surface area contributed by atoms with Crippen LogP contribution in [-0.2, 0) is 0 Å². The van der Waals surface area contributed by atoms with Crippen molar-refractivity contribution in [3.8, 4) is 16.8 Å². The van der Waals surface area contributed by atoms with Crippen LogP contribution in [0.3, 0.4) is 0 Å². The molecular weight excluding hydrogens is 382 g/mol. The lowest BCUT2D eigenvalue weighted by molar-refractivity contribution is 1.18. The summed E-state index contributed by atoms with van der Waals surface area (Å²) in [4.78, 5) is 0. The summed E-state index contributed by atoms with van der Waals surface area (Å²) in [6.45, 7) is 0. The molecule has 0 unspecified atom stereocenters. The third-order valence-electron chi connectivity index (χ3n) is 4.74. The molecule has 124 valence electrons. The Bertz CT molecular complexity index is 1320. The molecule has 0 fully saturated rings. The summed E-state index contributed by atoms with van der Waals surface area (Å²) in [5.74, 6) is 0. The number of halogens is 1. The molecule has 4 aromatic carbocycles. The quantitative estimate of drug-likeness (QED) is 0.295. The van der Waals surface area contributed by atoms with Crippen LogP contribution in [0.1, 0.15) is 2.74 Å². The Morgan fingerprint density at radius 2 is 1.42 bits per heavy atom. The molecular formula is C24H16BrN. The van der Waals surface area contributed by atoms with Crippen LogP contribution in [0, 0.1) is 0 Å². The number of aromatic nitrogens is 1. The minimum atomic E-state index is 0.448. The highest BCUT2D eigenvalue weighted by Crippen LogP contribution is 2.34. The van der Waals surface area contributed by atoms with E-state index in [1.165, 1.54) is 5.56 Å². The standard InChI is InChI=1S/C24H16BrN/c25-19-12-15-24-22(16-19)21-8-4-5-9-23(21)26(24)20-13-10-18(11-14-20)17-6-2-1-3-7-17/h1-16H/i5D,12D. The summed E-state index contributed by atoms with van der Waals surface area (Å²) < 4.78 is 19.2. The Kier molecular flexibility index (Phi) is 3.16. The molecule has 1 nitrogen and oxygen atoms in total. The lowest BCUT2D eigenvalue weighted by Crippen LogP contribution is -1.93. The molecule has 0 aliphatic carbocycles. The van der Waals surface area contributed by atoms with Crippen LogP contribution in [0.2, 0.25) is 0 Å². The lowest BCUT2D eigenvalue weighted by atomic mass is 10.1. The first-order valence-corrected chi connectivity index (χ1v) is 9.28. The molecule has 1 heterocycles. The molecule has 0 amide bonds. The van der Waals surface area contributed by atoms with E-state index in [-0.39, 0.29) is 0 Å². The maximum Gasteiger partial charge on any atom is 0.0635 e. The van der Waals surface area contributed by atoms with Gasteiger partial charge in [0.1, 0.15) is 0 Å². The molecule has 0 aliphatic heterocycles. The minimum Gasteiger partial charge on any atom is -0.309 e. The summed E-state index contributed by atoms with van der Waals surface area (Å²) in [6, 6.07) is 29.2. The van der Waals surface area contributed by atoms with Crippen LogP contribution in [-0.4, -0.2) is 4.57 Å². The van der Waals surface area contributed by atoms with E-state index in [1.54, 1.807) is 0 Å². The second-order valence-corrected chi connectivity index (χ2v) is 7.13. The van der Waals surface area contributed by atoms with Gasteiger partial charge >= 0.3 is 0 Å². The number of hydrogen-bond acceptors (Lipinski definition) is 0. The summed E-state index contributed by atoms with van der Waals surface area (Å²) in [5, 5.41) is 2.16. The van der Waals surface area contributed by atoms with Crippen molar-refractivity contribution < 1.29 is 2.74 Å². The van der Waals surface area contributed by atoms with Gasteiger partial charge < -0.3 is 4.57 Å². The SMILES string of the molecule is [2H]c1ccc2c3cc(Br)c([2H])cc3n(-c3ccc(-c4ccccc4)cc3)c2c1. The fourth-order valence-electron chi connectivity index (χ4n) is 3.53. The molecule has 0 aliphatic rings. The lowest BCUT2D eigenvalue weighted by Gasteiger charge is -2.09. The van der Waals surface area contributed by atoms with E-state index in [1.807, 2.05) is 48.5 Å². The molecule has 2 heteroatoms. The Hall–Kier alpha value is -2.84. The second-order valence-electron chi connectivity index (χ2n) is 6.27. The number of fused-ring (bicyclic) bond motifs is 3. The van der Waals surface area contributed by atoms with E-state index in [2.05, 4.69) is 56.9 Å². The smallest absolute Gasteiger partial charge is 0.0635 e. The van der Waals surface area contributed by atoms with Crippen LogP contribution in [0.5, 0.6) is 0 Å². The molecule has 5 rings (SSSR count). The van der Waals surface area contributed by atoms with Gasteiger partial charge in [-0.05, 0) is 47.5 Å². The van der Waals surface area contributed by atoms with Crippen molar-refractivity contribution in [2.24, 2.45) is 0 Å². The number of hydrogen-bond donors (Lipinski definition) is 0. The third kappa shape index (κ3) is 2.46. The average molecular weight is 400 g/mol. The Morgan fingerprint density at radius 3 is 2.23 bits per heavy atom. The molecule has 0 N–H and O–H groups in total. The molecule has 0 saturated carbocycles. The Balaban J connectivity index is 1.77. The van der Waals surface area contributed by atoms with Crippen LogP contribution in [0.25, 0.3) is 38.6 Å². The van der Waals surface area contributed by atoms with Gasteiger partial charge in [-0.3, -0.25) is 0 Å². The highest BCUT2D eigenvalue weighted by molar-refractivity contribution is 9.10. The third-order valence-corrected chi connectivity index (χ3v) is 5.20. The molecule has 0 spiro atoms. The first-order chi connectivity index (χ1) is 13.6. The zero-order valence-corrected chi connectivity index (χ0v) is 15.5. The first-order valence-electron chi connectivity index (χ1n) is 9.48.